The lowest BCUT2D eigenvalue weighted by Gasteiger charge is -2.24. The molecule has 3 rings (SSSR count). The van der Waals surface area contributed by atoms with Crippen molar-refractivity contribution in [1.29, 1.82) is 0 Å². The molecule has 2 N–H and O–H groups in total. The van der Waals surface area contributed by atoms with Crippen molar-refractivity contribution in [3.05, 3.63) is 58.9 Å². The van der Waals surface area contributed by atoms with E-state index in [0.29, 0.717) is 12.2 Å². The van der Waals surface area contributed by atoms with Crippen LogP contribution in [0.15, 0.2) is 36.7 Å². The van der Waals surface area contributed by atoms with Gasteiger partial charge < -0.3 is 15.4 Å². The molecule has 1 aliphatic rings. The van der Waals surface area contributed by atoms with Gasteiger partial charge in [0.15, 0.2) is 0 Å². The lowest BCUT2D eigenvalue weighted by atomic mass is 10.0. The van der Waals surface area contributed by atoms with E-state index in [1.165, 1.54) is 0 Å². The average Bonchev–Trinajstić information content (AvgIpc) is 2.62. The first kappa shape index (κ1) is 23.2. The lowest BCUT2D eigenvalue weighted by Crippen LogP contribution is -2.42. The van der Waals surface area contributed by atoms with Crippen molar-refractivity contribution < 1.29 is 9.53 Å². The molecule has 5 nitrogen and oxygen atoms in total. The molecule has 7 heteroatoms. The van der Waals surface area contributed by atoms with Crippen LogP contribution in [0.5, 0.6) is 5.75 Å². The van der Waals surface area contributed by atoms with Crippen LogP contribution in [0.25, 0.3) is 0 Å². The number of nitrogens with one attached hydrogen (secondary N) is 2. The van der Waals surface area contributed by atoms with E-state index >= 15 is 0 Å². The molecule has 148 valence electrons. The molecule has 1 aliphatic heterocycles. The van der Waals surface area contributed by atoms with Gasteiger partial charge in [0.1, 0.15) is 12.4 Å². The van der Waals surface area contributed by atoms with Crippen molar-refractivity contribution >= 4 is 30.7 Å². The van der Waals surface area contributed by atoms with Crippen LogP contribution in [0.3, 0.4) is 0 Å². The maximum atomic E-state index is 12.5. The average molecular weight is 412 g/mol. The third-order valence-corrected chi connectivity index (χ3v) is 4.50. The highest BCUT2D eigenvalue weighted by molar-refractivity contribution is 5.95. The van der Waals surface area contributed by atoms with E-state index in [4.69, 9.17) is 4.74 Å². The summed E-state index contributed by atoms with van der Waals surface area (Å²) in [6.07, 6.45) is 5.51. The Labute approximate surface area is 173 Å². The molecular formula is C20H27Cl2N3O2. The van der Waals surface area contributed by atoms with Gasteiger partial charge in [-0.2, -0.15) is 0 Å². The Morgan fingerprint density at radius 2 is 1.89 bits per heavy atom. The normalized spacial score (nSPS) is 13.9. The number of aromatic nitrogens is 1. The first-order chi connectivity index (χ1) is 12.1. The number of halogens is 2. The van der Waals surface area contributed by atoms with Crippen molar-refractivity contribution in [2.24, 2.45) is 0 Å². The van der Waals surface area contributed by atoms with Gasteiger partial charge in [-0.25, -0.2) is 0 Å². The molecule has 1 aromatic carbocycles. The van der Waals surface area contributed by atoms with Crippen LogP contribution in [0.4, 0.5) is 0 Å². The fourth-order valence-electron chi connectivity index (χ4n) is 3.18. The Hall–Kier alpha value is -1.82. The number of carbonyl (C=O) groups excluding carboxylic acids is 1. The molecule has 1 aromatic heterocycles. The van der Waals surface area contributed by atoms with Crippen LogP contribution < -0.4 is 15.4 Å². The molecule has 1 saturated heterocycles. The van der Waals surface area contributed by atoms with Crippen LogP contribution in [0.2, 0.25) is 0 Å². The van der Waals surface area contributed by atoms with Gasteiger partial charge in [0.2, 0.25) is 0 Å². The fourth-order valence-corrected chi connectivity index (χ4v) is 3.18. The minimum Gasteiger partial charge on any atom is -0.488 e. The number of ether oxygens (including phenoxy) is 1. The highest BCUT2D eigenvalue weighted by Gasteiger charge is 2.18. The second-order valence-electron chi connectivity index (χ2n) is 6.59. The molecule has 2 heterocycles. The van der Waals surface area contributed by atoms with Gasteiger partial charge >= 0.3 is 0 Å². The van der Waals surface area contributed by atoms with Gasteiger partial charge in [0.05, 0.1) is 0 Å². The maximum absolute atomic E-state index is 12.5. The third-order valence-electron chi connectivity index (χ3n) is 4.50. The third kappa shape index (κ3) is 6.38. The summed E-state index contributed by atoms with van der Waals surface area (Å²) in [6.45, 7) is 6.35. The predicted molar refractivity (Wildman–Crippen MR) is 112 cm³/mol. The zero-order valence-corrected chi connectivity index (χ0v) is 17.3. The molecule has 1 amide bonds. The van der Waals surface area contributed by atoms with Crippen LogP contribution >= 0.6 is 24.8 Å². The Kier molecular flexibility index (Phi) is 9.56. The molecule has 27 heavy (non-hydrogen) atoms. The standard InChI is InChI=1S/C20H25N3O2.2ClH/c1-14-10-17(20(24)23-18-5-8-21-9-6-18)11-15(2)19(14)25-13-16-4-3-7-22-12-16;;/h3-4,7,10-12,18,21H,5-6,8-9,13H2,1-2H3,(H,23,24);2*1H. The van der Waals surface area contributed by atoms with E-state index in [-0.39, 0.29) is 36.8 Å². The number of amides is 1. The molecule has 0 aliphatic carbocycles. The predicted octanol–water partition coefficient (Wildman–Crippen LogP) is 3.60. The summed E-state index contributed by atoms with van der Waals surface area (Å²) >= 11 is 0. The minimum atomic E-state index is -0.00286. The number of hydrogen-bond donors (Lipinski definition) is 2. The molecule has 0 unspecified atom stereocenters. The summed E-state index contributed by atoms with van der Waals surface area (Å²) in [5.41, 5.74) is 3.66. The van der Waals surface area contributed by atoms with E-state index < -0.39 is 0 Å². The van der Waals surface area contributed by atoms with Gasteiger partial charge in [-0.1, -0.05) is 6.07 Å². The SMILES string of the molecule is Cc1cc(C(=O)NC2CCNCC2)cc(C)c1OCc1cccnc1.Cl.Cl. The van der Waals surface area contributed by atoms with E-state index in [1.54, 1.807) is 12.4 Å². The van der Waals surface area contributed by atoms with E-state index in [1.807, 2.05) is 38.1 Å². The van der Waals surface area contributed by atoms with Gasteiger partial charge in [0.25, 0.3) is 5.91 Å². The summed E-state index contributed by atoms with van der Waals surface area (Å²) in [6, 6.07) is 7.95. The number of nitrogens with zero attached hydrogens (tertiary/aromatic N) is 1. The molecule has 0 saturated carbocycles. The second-order valence-corrected chi connectivity index (χ2v) is 6.59. The first-order valence-electron chi connectivity index (χ1n) is 8.78. The van der Waals surface area contributed by atoms with Crippen molar-refractivity contribution in [3.8, 4) is 5.75 Å². The fraction of sp³-hybridized carbons (Fsp3) is 0.400. The number of carbonyl (C=O) groups is 1. The number of piperidine rings is 1. The molecule has 0 atom stereocenters. The molecule has 0 bridgehead atoms. The number of benzene rings is 1. The second kappa shape index (κ2) is 11.1. The molecule has 0 radical (unpaired) electrons. The zero-order valence-electron chi connectivity index (χ0n) is 15.7. The quantitative estimate of drug-likeness (QED) is 0.788. The Morgan fingerprint density at radius 1 is 1.22 bits per heavy atom. The summed E-state index contributed by atoms with van der Waals surface area (Å²) in [5.74, 6) is 0.833. The van der Waals surface area contributed by atoms with Crippen LogP contribution in [0.1, 0.15) is 39.9 Å². The van der Waals surface area contributed by atoms with Crippen LogP contribution in [-0.4, -0.2) is 30.0 Å². The minimum absolute atomic E-state index is 0. The highest BCUT2D eigenvalue weighted by Crippen LogP contribution is 2.26. The largest absolute Gasteiger partial charge is 0.488 e. The van der Waals surface area contributed by atoms with E-state index in [0.717, 1.165) is 48.4 Å². The Bertz CT molecular complexity index is 712. The topological polar surface area (TPSA) is 63.2 Å². The van der Waals surface area contributed by atoms with Gasteiger partial charge in [0, 0.05) is 29.6 Å². The maximum Gasteiger partial charge on any atom is 0.251 e. The molecule has 2 aromatic rings. The van der Waals surface area contributed by atoms with Crippen molar-refractivity contribution in [3.63, 3.8) is 0 Å². The summed E-state index contributed by atoms with van der Waals surface area (Å²) in [4.78, 5) is 16.6. The highest BCUT2D eigenvalue weighted by atomic mass is 35.5. The number of pyridine rings is 1. The van der Waals surface area contributed by atoms with Gasteiger partial charge in [-0.15, -0.1) is 24.8 Å². The Morgan fingerprint density at radius 3 is 2.48 bits per heavy atom. The molecular weight excluding hydrogens is 385 g/mol. The van der Waals surface area contributed by atoms with Crippen LogP contribution in [0, 0.1) is 13.8 Å². The lowest BCUT2D eigenvalue weighted by molar-refractivity contribution is 0.0929. The first-order valence-corrected chi connectivity index (χ1v) is 8.78. The van der Waals surface area contributed by atoms with Crippen molar-refractivity contribution in [2.75, 3.05) is 13.1 Å². The summed E-state index contributed by atoms with van der Waals surface area (Å²) in [5, 5.41) is 6.45. The van der Waals surface area contributed by atoms with Crippen molar-refractivity contribution in [2.45, 2.75) is 39.3 Å². The van der Waals surface area contributed by atoms with Gasteiger partial charge in [-0.05, 0) is 69.1 Å². The van der Waals surface area contributed by atoms with E-state index in [9.17, 15) is 4.79 Å². The number of rotatable bonds is 5. The Balaban J connectivity index is 0.00000182. The van der Waals surface area contributed by atoms with Crippen molar-refractivity contribution in [1.82, 2.24) is 15.6 Å². The molecule has 1 fully saturated rings. The number of aryl methyl sites for hydroxylation is 2. The zero-order chi connectivity index (χ0) is 17.6. The monoisotopic (exact) mass is 411 g/mol. The van der Waals surface area contributed by atoms with E-state index in [2.05, 4.69) is 15.6 Å². The summed E-state index contributed by atoms with van der Waals surface area (Å²) in [7, 11) is 0. The smallest absolute Gasteiger partial charge is 0.251 e. The molecule has 0 spiro atoms. The summed E-state index contributed by atoms with van der Waals surface area (Å²) < 4.78 is 5.96. The van der Waals surface area contributed by atoms with Gasteiger partial charge in [-0.3, -0.25) is 9.78 Å². The number of hydrogen-bond acceptors (Lipinski definition) is 4. The van der Waals surface area contributed by atoms with Crippen LogP contribution in [-0.2, 0) is 6.61 Å².